The van der Waals surface area contributed by atoms with Crippen LogP contribution < -0.4 is 5.32 Å². The fraction of sp³-hybridized carbons (Fsp3) is 0.632. The molecule has 2 heterocycles. The molecule has 0 saturated carbocycles. The van der Waals surface area contributed by atoms with Gasteiger partial charge in [-0.25, -0.2) is 4.39 Å². The van der Waals surface area contributed by atoms with E-state index in [9.17, 15) is 4.39 Å². The van der Waals surface area contributed by atoms with Gasteiger partial charge in [-0.05, 0) is 81.3 Å². The summed E-state index contributed by atoms with van der Waals surface area (Å²) in [6, 6.07) is 6.82. The minimum Gasteiger partial charge on any atom is -0.317 e. The van der Waals surface area contributed by atoms with Gasteiger partial charge in [0.25, 0.3) is 0 Å². The zero-order valence-electron chi connectivity index (χ0n) is 13.7. The molecule has 1 atom stereocenters. The Kier molecular flexibility index (Phi) is 5.64. The molecule has 2 aliphatic heterocycles. The first-order chi connectivity index (χ1) is 11.3. The summed E-state index contributed by atoms with van der Waals surface area (Å²) in [6.45, 7) is 5.56. The molecule has 4 heteroatoms. The van der Waals surface area contributed by atoms with Gasteiger partial charge >= 0.3 is 0 Å². The van der Waals surface area contributed by atoms with Crippen molar-refractivity contribution < 1.29 is 4.39 Å². The molecular formula is C19H26FN3. The van der Waals surface area contributed by atoms with Gasteiger partial charge in [0, 0.05) is 13.1 Å². The summed E-state index contributed by atoms with van der Waals surface area (Å²) in [5.41, 5.74) is 1.13. The van der Waals surface area contributed by atoms with Crippen molar-refractivity contribution in [3.05, 3.63) is 35.1 Å². The van der Waals surface area contributed by atoms with Gasteiger partial charge in [0.15, 0.2) is 0 Å². The van der Waals surface area contributed by atoms with Crippen molar-refractivity contribution in [2.45, 2.75) is 32.1 Å². The van der Waals surface area contributed by atoms with Gasteiger partial charge < -0.3 is 10.2 Å². The zero-order valence-corrected chi connectivity index (χ0v) is 13.7. The number of nitriles is 1. The fourth-order valence-electron chi connectivity index (χ4n) is 4.09. The summed E-state index contributed by atoms with van der Waals surface area (Å²) in [7, 11) is 0. The molecule has 124 valence electrons. The van der Waals surface area contributed by atoms with Gasteiger partial charge in [0.05, 0.1) is 11.6 Å². The van der Waals surface area contributed by atoms with E-state index in [-0.39, 0.29) is 5.82 Å². The number of nitrogens with one attached hydrogen (secondary N) is 1. The molecule has 2 aliphatic rings. The lowest BCUT2D eigenvalue weighted by Gasteiger charge is -2.38. The Labute approximate surface area is 138 Å². The van der Waals surface area contributed by atoms with E-state index < -0.39 is 0 Å². The normalized spacial score (nSPS) is 23.6. The number of piperidine rings is 2. The highest BCUT2D eigenvalue weighted by Gasteiger charge is 2.28. The van der Waals surface area contributed by atoms with Crippen molar-refractivity contribution in [2.75, 3.05) is 32.7 Å². The average molecular weight is 315 g/mol. The average Bonchev–Trinajstić information content (AvgIpc) is 2.61. The third-order valence-corrected chi connectivity index (χ3v) is 5.47. The number of halogens is 1. The van der Waals surface area contributed by atoms with E-state index in [1.165, 1.54) is 38.3 Å². The lowest BCUT2D eigenvalue weighted by Crippen LogP contribution is -2.42. The van der Waals surface area contributed by atoms with Crippen LogP contribution in [0.3, 0.4) is 0 Å². The minimum atomic E-state index is -0.240. The highest BCUT2D eigenvalue weighted by atomic mass is 19.1. The monoisotopic (exact) mass is 315 g/mol. The minimum absolute atomic E-state index is 0.240. The summed E-state index contributed by atoms with van der Waals surface area (Å²) >= 11 is 0. The van der Waals surface area contributed by atoms with Crippen LogP contribution in [0, 0.1) is 29.0 Å². The van der Waals surface area contributed by atoms with Crippen molar-refractivity contribution in [2.24, 2.45) is 11.8 Å². The first-order valence-electron chi connectivity index (χ1n) is 8.88. The second-order valence-corrected chi connectivity index (χ2v) is 6.96. The second-order valence-electron chi connectivity index (χ2n) is 6.96. The maximum atomic E-state index is 14.0. The molecule has 2 fully saturated rings. The topological polar surface area (TPSA) is 39.1 Å². The molecule has 0 bridgehead atoms. The van der Waals surface area contributed by atoms with Crippen LogP contribution in [0.25, 0.3) is 0 Å². The third kappa shape index (κ3) is 4.31. The molecule has 0 aliphatic carbocycles. The SMILES string of the molecule is N#Cc1ccc(CCN2CCCC(C3CCNCC3)C2)c(F)c1. The standard InChI is InChI=1S/C19H26FN3/c20-19-12-15(13-21)3-4-17(19)7-11-23-10-1-2-18(14-23)16-5-8-22-9-6-16/h3-4,12,16,18,22H,1-2,5-11,14H2. The van der Waals surface area contributed by atoms with Crippen LogP contribution in [0.2, 0.25) is 0 Å². The van der Waals surface area contributed by atoms with Crippen LogP contribution in [0.1, 0.15) is 36.8 Å². The molecule has 0 spiro atoms. The number of nitrogens with zero attached hydrogens (tertiary/aromatic N) is 2. The van der Waals surface area contributed by atoms with E-state index in [0.717, 1.165) is 50.0 Å². The van der Waals surface area contributed by atoms with E-state index in [1.807, 2.05) is 6.07 Å². The summed E-state index contributed by atoms with van der Waals surface area (Å²) in [5, 5.41) is 12.3. The molecule has 0 aromatic heterocycles. The molecule has 1 aromatic carbocycles. The van der Waals surface area contributed by atoms with Crippen LogP contribution >= 0.6 is 0 Å². The Bertz CT molecular complexity index is 560. The Hall–Kier alpha value is -1.44. The predicted molar refractivity (Wildman–Crippen MR) is 89.6 cm³/mol. The van der Waals surface area contributed by atoms with Crippen molar-refractivity contribution >= 4 is 0 Å². The van der Waals surface area contributed by atoms with E-state index in [1.54, 1.807) is 12.1 Å². The van der Waals surface area contributed by atoms with E-state index in [0.29, 0.717) is 5.56 Å². The van der Waals surface area contributed by atoms with Gasteiger partial charge in [0.2, 0.25) is 0 Å². The Morgan fingerprint density at radius 1 is 1.22 bits per heavy atom. The largest absolute Gasteiger partial charge is 0.317 e. The maximum absolute atomic E-state index is 14.0. The summed E-state index contributed by atoms with van der Waals surface area (Å²) in [5.74, 6) is 1.44. The summed E-state index contributed by atoms with van der Waals surface area (Å²) in [6.07, 6.45) is 5.97. The van der Waals surface area contributed by atoms with Gasteiger partial charge in [-0.1, -0.05) is 6.07 Å². The lowest BCUT2D eigenvalue weighted by atomic mass is 9.80. The van der Waals surface area contributed by atoms with Crippen LogP contribution in [-0.4, -0.2) is 37.6 Å². The van der Waals surface area contributed by atoms with Crippen LogP contribution in [0.15, 0.2) is 18.2 Å². The third-order valence-electron chi connectivity index (χ3n) is 5.47. The van der Waals surface area contributed by atoms with Crippen LogP contribution in [0.4, 0.5) is 4.39 Å². The van der Waals surface area contributed by atoms with Crippen molar-refractivity contribution in [3.8, 4) is 6.07 Å². The van der Waals surface area contributed by atoms with E-state index in [2.05, 4.69) is 10.2 Å². The summed E-state index contributed by atoms with van der Waals surface area (Å²) < 4.78 is 14.0. The number of likely N-dealkylation sites (tertiary alicyclic amines) is 1. The second kappa shape index (κ2) is 7.90. The molecule has 23 heavy (non-hydrogen) atoms. The van der Waals surface area contributed by atoms with Crippen molar-refractivity contribution in [1.29, 1.82) is 5.26 Å². The molecule has 2 saturated heterocycles. The zero-order chi connectivity index (χ0) is 16.1. The molecule has 1 unspecified atom stereocenters. The molecule has 0 amide bonds. The predicted octanol–water partition coefficient (Wildman–Crippen LogP) is 2.95. The molecule has 1 N–H and O–H groups in total. The smallest absolute Gasteiger partial charge is 0.127 e. The molecule has 1 aromatic rings. The van der Waals surface area contributed by atoms with Gasteiger partial charge in [-0.15, -0.1) is 0 Å². The quantitative estimate of drug-likeness (QED) is 0.928. The highest BCUT2D eigenvalue weighted by molar-refractivity contribution is 5.33. The first kappa shape index (κ1) is 16.4. The fourth-order valence-corrected chi connectivity index (χ4v) is 4.09. The summed E-state index contributed by atoms with van der Waals surface area (Å²) in [4.78, 5) is 2.51. The van der Waals surface area contributed by atoms with E-state index >= 15 is 0 Å². The Balaban J connectivity index is 1.52. The molecule has 3 nitrogen and oxygen atoms in total. The van der Waals surface area contributed by atoms with Gasteiger partial charge in [-0.2, -0.15) is 5.26 Å². The molecule has 0 radical (unpaired) electrons. The highest BCUT2D eigenvalue weighted by Crippen LogP contribution is 2.29. The van der Waals surface area contributed by atoms with Crippen LogP contribution in [0.5, 0.6) is 0 Å². The van der Waals surface area contributed by atoms with Crippen molar-refractivity contribution in [3.63, 3.8) is 0 Å². The Morgan fingerprint density at radius 2 is 2.04 bits per heavy atom. The van der Waals surface area contributed by atoms with E-state index in [4.69, 9.17) is 5.26 Å². The first-order valence-corrected chi connectivity index (χ1v) is 8.88. The van der Waals surface area contributed by atoms with Gasteiger partial charge in [0.1, 0.15) is 5.82 Å². The number of hydrogen-bond acceptors (Lipinski definition) is 3. The van der Waals surface area contributed by atoms with Gasteiger partial charge in [-0.3, -0.25) is 0 Å². The lowest BCUT2D eigenvalue weighted by molar-refractivity contribution is 0.119. The van der Waals surface area contributed by atoms with Crippen LogP contribution in [-0.2, 0) is 6.42 Å². The Morgan fingerprint density at radius 3 is 2.78 bits per heavy atom. The maximum Gasteiger partial charge on any atom is 0.127 e. The number of hydrogen-bond donors (Lipinski definition) is 1. The molecular weight excluding hydrogens is 289 g/mol. The molecule has 3 rings (SSSR count). The number of rotatable bonds is 4. The van der Waals surface area contributed by atoms with Crippen molar-refractivity contribution in [1.82, 2.24) is 10.2 Å². The number of benzene rings is 1.